The average Bonchev–Trinajstić information content (AvgIpc) is 3.07. The predicted octanol–water partition coefficient (Wildman–Crippen LogP) is 2.57. The zero-order chi connectivity index (χ0) is 20.4. The quantitative estimate of drug-likeness (QED) is 0.392. The highest BCUT2D eigenvalue weighted by Gasteiger charge is 2.17. The highest BCUT2D eigenvalue weighted by Crippen LogP contribution is 2.18. The van der Waals surface area contributed by atoms with Crippen LogP contribution in [0.5, 0.6) is 0 Å². The molecule has 9 heteroatoms. The minimum absolute atomic E-state index is 0.269. The molecule has 0 spiro atoms. The third-order valence-electron chi connectivity index (χ3n) is 4.46. The normalized spacial score (nSPS) is 11.4. The number of anilines is 1. The first-order valence-corrected chi connectivity index (χ1v) is 9.19. The lowest BCUT2D eigenvalue weighted by molar-refractivity contribution is 0.808. The van der Waals surface area contributed by atoms with Gasteiger partial charge in [0.05, 0.1) is 12.8 Å². The molecule has 0 aliphatic rings. The highest BCUT2D eigenvalue weighted by molar-refractivity contribution is 6.33. The van der Waals surface area contributed by atoms with Crippen molar-refractivity contribution in [1.29, 1.82) is 0 Å². The van der Waals surface area contributed by atoms with E-state index in [4.69, 9.17) is 11.6 Å². The van der Waals surface area contributed by atoms with Gasteiger partial charge in [0.25, 0.3) is 5.56 Å². The summed E-state index contributed by atoms with van der Waals surface area (Å²) in [5.74, 6) is 0.332. The Bertz CT molecular complexity index is 1320. The van der Waals surface area contributed by atoms with Gasteiger partial charge in [-0.1, -0.05) is 60.1 Å². The molecule has 146 valence electrons. The van der Waals surface area contributed by atoms with E-state index in [0.717, 1.165) is 11.1 Å². The van der Waals surface area contributed by atoms with E-state index in [0.29, 0.717) is 17.5 Å². The zero-order valence-electron chi connectivity index (χ0n) is 15.5. The van der Waals surface area contributed by atoms with Gasteiger partial charge >= 0.3 is 5.69 Å². The first kappa shape index (κ1) is 18.7. The summed E-state index contributed by atoms with van der Waals surface area (Å²) in [4.78, 5) is 31.2. The van der Waals surface area contributed by atoms with E-state index in [1.807, 2.05) is 48.5 Å². The first-order chi connectivity index (χ1) is 14.0. The van der Waals surface area contributed by atoms with Gasteiger partial charge < -0.3 is 0 Å². The summed E-state index contributed by atoms with van der Waals surface area (Å²) < 4.78 is 2.98. The molecule has 0 unspecified atom stereocenters. The molecule has 0 radical (unpaired) electrons. The number of hydrogen-bond donors (Lipinski definition) is 2. The van der Waals surface area contributed by atoms with Crippen LogP contribution < -0.4 is 16.7 Å². The molecule has 0 atom stereocenters. The van der Waals surface area contributed by atoms with Crippen molar-refractivity contribution >= 4 is 34.9 Å². The van der Waals surface area contributed by atoms with Crippen molar-refractivity contribution in [2.24, 2.45) is 12.1 Å². The van der Waals surface area contributed by atoms with Crippen LogP contribution >= 0.6 is 11.6 Å². The molecule has 2 heterocycles. The lowest BCUT2D eigenvalue weighted by Gasteiger charge is -2.08. The number of imidazole rings is 1. The molecule has 8 nitrogen and oxygen atoms in total. The number of nitrogens with zero attached hydrogens (tertiary/aromatic N) is 4. The Labute approximate surface area is 170 Å². The van der Waals surface area contributed by atoms with Gasteiger partial charge in [-0.2, -0.15) is 10.1 Å². The molecule has 29 heavy (non-hydrogen) atoms. The van der Waals surface area contributed by atoms with E-state index in [9.17, 15) is 9.59 Å². The van der Waals surface area contributed by atoms with Crippen LogP contribution in [0.3, 0.4) is 0 Å². The van der Waals surface area contributed by atoms with Gasteiger partial charge in [-0.05, 0) is 11.6 Å². The maximum absolute atomic E-state index is 12.5. The molecule has 0 aliphatic heterocycles. The predicted molar refractivity (Wildman–Crippen MR) is 114 cm³/mol. The molecule has 4 aromatic rings. The van der Waals surface area contributed by atoms with Crippen LogP contribution in [0.1, 0.15) is 11.1 Å². The van der Waals surface area contributed by atoms with Gasteiger partial charge in [-0.25, -0.2) is 10.2 Å². The molecule has 4 rings (SSSR count). The number of nitrogens with one attached hydrogen (secondary N) is 2. The Morgan fingerprint density at radius 3 is 2.62 bits per heavy atom. The van der Waals surface area contributed by atoms with Gasteiger partial charge in [0, 0.05) is 17.6 Å². The number of halogens is 1. The van der Waals surface area contributed by atoms with Crippen LogP contribution in [0.15, 0.2) is 69.3 Å². The number of aromatic amines is 1. The van der Waals surface area contributed by atoms with Crippen molar-refractivity contribution in [3.05, 3.63) is 91.6 Å². The van der Waals surface area contributed by atoms with Crippen molar-refractivity contribution in [2.45, 2.75) is 6.54 Å². The Balaban J connectivity index is 1.80. The molecular weight excluding hydrogens is 392 g/mol. The highest BCUT2D eigenvalue weighted by atomic mass is 35.5. The third-order valence-corrected chi connectivity index (χ3v) is 4.81. The van der Waals surface area contributed by atoms with E-state index in [1.54, 1.807) is 23.9 Å². The number of aromatic nitrogens is 4. The van der Waals surface area contributed by atoms with Crippen molar-refractivity contribution in [3.8, 4) is 0 Å². The second-order valence-electron chi connectivity index (χ2n) is 6.39. The number of benzene rings is 2. The SMILES string of the molecule is Cn1c(=O)[nH]c(=O)c2c1nc(N/N=C\c1ccccc1Cl)n2Cc1ccccc1. The van der Waals surface area contributed by atoms with Gasteiger partial charge in [0.1, 0.15) is 0 Å². The Kier molecular flexibility index (Phi) is 5.01. The molecule has 0 saturated heterocycles. The Hall–Kier alpha value is -3.65. The number of hydrogen-bond acceptors (Lipinski definition) is 5. The number of fused-ring (bicyclic) bond motifs is 1. The fraction of sp³-hybridized carbons (Fsp3) is 0.100. The summed E-state index contributed by atoms with van der Waals surface area (Å²) >= 11 is 6.14. The summed E-state index contributed by atoms with van der Waals surface area (Å²) in [7, 11) is 1.55. The third kappa shape index (κ3) is 3.70. The monoisotopic (exact) mass is 408 g/mol. The maximum Gasteiger partial charge on any atom is 0.329 e. The second kappa shape index (κ2) is 7.76. The summed E-state index contributed by atoms with van der Waals surface area (Å²) in [6, 6.07) is 16.9. The summed E-state index contributed by atoms with van der Waals surface area (Å²) in [5.41, 5.74) is 4.09. The molecule has 2 aromatic carbocycles. The zero-order valence-corrected chi connectivity index (χ0v) is 16.2. The summed E-state index contributed by atoms with van der Waals surface area (Å²) in [6.45, 7) is 0.378. The van der Waals surface area contributed by atoms with E-state index in [1.165, 1.54) is 4.57 Å². The molecule has 2 aromatic heterocycles. The molecule has 0 fully saturated rings. The van der Waals surface area contributed by atoms with Crippen molar-refractivity contribution in [1.82, 2.24) is 19.1 Å². The molecule has 0 saturated carbocycles. The lowest BCUT2D eigenvalue weighted by Crippen LogP contribution is -2.29. The minimum Gasteiger partial charge on any atom is -0.298 e. The average molecular weight is 409 g/mol. The van der Waals surface area contributed by atoms with Crippen molar-refractivity contribution in [3.63, 3.8) is 0 Å². The van der Waals surface area contributed by atoms with E-state index >= 15 is 0 Å². The molecule has 0 bridgehead atoms. The lowest BCUT2D eigenvalue weighted by atomic mass is 10.2. The number of aryl methyl sites for hydroxylation is 1. The fourth-order valence-electron chi connectivity index (χ4n) is 2.98. The number of H-pyrrole nitrogens is 1. The van der Waals surface area contributed by atoms with Gasteiger partial charge in [-0.3, -0.25) is 18.9 Å². The maximum atomic E-state index is 12.5. The summed E-state index contributed by atoms with van der Waals surface area (Å²) in [6.07, 6.45) is 1.57. The van der Waals surface area contributed by atoms with Crippen molar-refractivity contribution < 1.29 is 0 Å². The van der Waals surface area contributed by atoms with Gasteiger partial charge in [-0.15, -0.1) is 0 Å². The minimum atomic E-state index is -0.530. The molecular formula is C20H17ClN6O2. The van der Waals surface area contributed by atoms with Crippen LogP contribution in [0.4, 0.5) is 5.95 Å². The van der Waals surface area contributed by atoms with Crippen LogP contribution in [-0.4, -0.2) is 25.3 Å². The van der Waals surface area contributed by atoms with E-state index in [-0.39, 0.29) is 11.2 Å². The largest absolute Gasteiger partial charge is 0.329 e. The number of rotatable bonds is 5. The van der Waals surface area contributed by atoms with E-state index < -0.39 is 11.2 Å². The first-order valence-electron chi connectivity index (χ1n) is 8.81. The molecule has 0 amide bonds. The standard InChI is InChI=1S/C20H17ClN6O2/c1-26-17-16(18(28)24-20(26)29)27(12-13-7-3-2-4-8-13)19(23-17)25-22-11-14-9-5-6-10-15(14)21/h2-11H,12H2,1H3,(H,23,25)(H,24,28,29)/b22-11-. The van der Waals surface area contributed by atoms with E-state index in [2.05, 4.69) is 20.5 Å². The fourth-order valence-corrected chi connectivity index (χ4v) is 3.16. The topological polar surface area (TPSA) is 97.1 Å². The number of hydrazone groups is 1. The van der Waals surface area contributed by atoms with Gasteiger partial charge in [0.15, 0.2) is 11.2 Å². The molecule has 2 N–H and O–H groups in total. The molecule has 0 aliphatic carbocycles. The second-order valence-corrected chi connectivity index (χ2v) is 6.80. The van der Waals surface area contributed by atoms with Crippen LogP contribution in [0, 0.1) is 0 Å². The van der Waals surface area contributed by atoms with Crippen LogP contribution in [0.2, 0.25) is 5.02 Å². The van der Waals surface area contributed by atoms with Crippen LogP contribution in [-0.2, 0) is 13.6 Å². The van der Waals surface area contributed by atoms with Crippen molar-refractivity contribution in [2.75, 3.05) is 5.43 Å². The summed E-state index contributed by atoms with van der Waals surface area (Å²) in [5, 5.41) is 4.77. The Morgan fingerprint density at radius 1 is 1.14 bits per heavy atom. The van der Waals surface area contributed by atoms with Gasteiger partial charge in [0.2, 0.25) is 5.95 Å². The smallest absolute Gasteiger partial charge is 0.298 e. The van der Waals surface area contributed by atoms with Crippen LogP contribution in [0.25, 0.3) is 11.2 Å². The Morgan fingerprint density at radius 2 is 1.86 bits per heavy atom.